The Hall–Kier alpha value is -2.41. The Labute approximate surface area is 170 Å². The molecule has 1 spiro atoms. The average Bonchev–Trinajstić information content (AvgIpc) is 2.86. The minimum absolute atomic E-state index is 0.0409. The van der Waals surface area contributed by atoms with Gasteiger partial charge in [0.2, 0.25) is 11.8 Å². The maximum absolute atomic E-state index is 12.9. The van der Waals surface area contributed by atoms with E-state index in [-0.39, 0.29) is 30.4 Å². The van der Waals surface area contributed by atoms with Gasteiger partial charge in [0, 0.05) is 32.5 Å². The second-order valence-electron chi connectivity index (χ2n) is 8.47. The molecule has 0 saturated carbocycles. The van der Waals surface area contributed by atoms with E-state index < -0.39 is 17.7 Å². The summed E-state index contributed by atoms with van der Waals surface area (Å²) in [5.74, 6) is 0.407. The Morgan fingerprint density at radius 2 is 2.03 bits per heavy atom. The Balaban J connectivity index is 1.48. The molecule has 3 aliphatic heterocycles. The van der Waals surface area contributed by atoms with Crippen molar-refractivity contribution in [1.29, 1.82) is 0 Å². The number of likely N-dealkylation sites (tertiary alicyclic amines) is 2. The minimum Gasteiger partial charge on any atom is -0.486 e. The molecular formula is C22H28N2O5. The molecule has 3 aliphatic rings. The molecule has 2 saturated heterocycles. The topological polar surface area (TPSA) is 87.2 Å². The number of para-hydroxylation sites is 1. The number of hydrogen-bond acceptors (Lipinski definition) is 5. The minimum atomic E-state index is -0.695. The van der Waals surface area contributed by atoms with Gasteiger partial charge in [-0.2, -0.15) is 0 Å². The first-order valence-electron chi connectivity index (χ1n) is 10.5. The number of amides is 2. The number of ketones is 1. The van der Waals surface area contributed by atoms with Crippen molar-refractivity contribution in [3.05, 3.63) is 29.8 Å². The van der Waals surface area contributed by atoms with Crippen molar-refractivity contribution in [3.63, 3.8) is 0 Å². The molecule has 1 aromatic carbocycles. The molecule has 0 bridgehead atoms. The zero-order chi connectivity index (χ0) is 20.6. The number of carbonyl (C=O) groups is 3. The van der Waals surface area contributed by atoms with E-state index in [4.69, 9.17) is 4.74 Å². The predicted octanol–water partition coefficient (Wildman–Crippen LogP) is 1.77. The fourth-order valence-electron chi connectivity index (χ4n) is 4.74. The van der Waals surface area contributed by atoms with E-state index in [0.29, 0.717) is 50.2 Å². The van der Waals surface area contributed by atoms with Gasteiger partial charge in [-0.05, 0) is 38.3 Å². The zero-order valence-corrected chi connectivity index (χ0v) is 16.8. The summed E-state index contributed by atoms with van der Waals surface area (Å²) in [4.78, 5) is 41.7. The van der Waals surface area contributed by atoms with E-state index in [1.54, 1.807) is 28.9 Å². The number of nitrogens with zero attached hydrogens (tertiary/aromatic N) is 2. The van der Waals surface area contributed by atoms with Crippen molar-refractivity contribution in [2.45, 2.75) is 63.2 Å². The van der Waals surface area contributed by atoms with Crippen LogP contribution in [0, 0.1) is 0 Å². The summed E-state index contributed by atoms with van der Waals surface area (Å²) in [6.07, 6.45) is 2.46. The van der Waals surface area contributed by atoms with Crippen molar-refractivity contribution in [3.8, 4) is 5.75 Å². The molecule has 3 heterocycles. The van der Waals surface area contributed by atoms with E-state index in [2.05, 4.69) is 0 Å². The molecule has 0 radical (unpaired) electrons. The first-order chi connectivity index (χ1) is 13.9. The van der Waals surface area contributed by atoms with Gasteiger partial charge in [0.25, 0.3) is 0 Å². The molecule has 156 valence electrons. The number of aliphatic hydroxyl groups excluding tert-OH is 1. The number of piperidine rings is 1. The van der Waals surface area contributed by atoms with Crippen LogP contribution in [-0.2, 0) is 9.59 Å². The van der Waals surface area contributed by atoms with Crippen molar-refractivity contribution in [2.24, 2.45) is 0 Å². The first kappa shape index (κ1) is 19.9. The number of carbonyl (C=O) groups excluding carboxylic acids is 3. The molecule has 29 heavy (non-hydrogen) atoms. The molecule has 1 N–H and O–H groups in total. The molecule has 7 heteroatoms. The maximum atomic E-state index is 12.9. The summed E-state index contributed by atoms with van der Waals surface area (Å²) in [6.45, 7) is 3.06. The van der Waals surface area contributed by atoms with Gasteiger partial charge in [0.15, 0.2) is 5.78 Å². The van der Waals surface area contributed by atoms with Gasteiger partial charge in [-0.15, -0.1) is 0 Å². The van der Waals surface area contributed by atoms with E-state index in [0.717, 1.165) is 6.42 Å². The molecule has 7 nitrogen and oxygen atoms in total. The maximum Gasteiger partial charge on any atom is 0.245 e. The number of β-amino-alcohol motifs (C(OH)–C–C–N with tert-alkyl or cyclic N) is 1. The third-order valence-electron chi connectivity index (χ3n) is 6.45. The predicted molar refractivity (Wildman–Crippen MR) is 106 cm³/mol. The van der Waals surface area contributed by atoms with Crippen LogP contribution in [0.3, 0.4) is 0 Å². The molecule has 4 rings (SSSR count). The highest BCUT2D eigenvalue weighted by atomic mass is 16.5. The molecular weight excluding hydrogens is 372 g/mol. The average molecular weight is 400 g/mol. The highest BCUT2D eigenvalue weighted by Crippen LogP contribution is 2.39. The number of rotatable bonds is 2. The summed E-state index contributed by atoms with van der Waals surface area (Å²) in [5, 5.41) is 9.87. The van der Waals surface area contributed by atoms with E-state index >= 15 is 0 Å². The highest BCUT2D eigenvalue weighted by Gasteiger charge is 2.44. The first-order valence-corrected chi connectivity index (χ1v) is 10.5. The van der Waals surface area contributed by atoms with Crippen molar-refractivity contribution >= 4 is 17.6 Å². The third-order valence-corrected chi connectivity index (χ3v) is 6.45. The van der Waals surface area contributed by atoms with Crippen LogP contribution in [0.1, 0.15) is 55.8 Å². The number of Topliss-reactive ketones (excluding diaryl/α,β-unsaturated/α-hetero) is 1. The van der Waals surface area contributed by atoms with E-state index in [1.807, 2.05) is 12.1 Å². The molecule has 3 atom stereocenters. The Morgan fingerprint density at radius 1 is 1.24 bits per heavy atom. The fraction of sp³-hybridized carbons (Fsp3) is 0.591. The molecule has 0 aliphatic carbocycles. The zero-order valence-electron chi connectivity index (χ0n) is 16.8. The Morgan fingerprint density at radius 3 is 2.83 bits per heavy atom. The van der Waals surface area contributed by atoms with Crippen LogP contribution in [-0.4, -0.2) is 69.9 Å². The van der Waals surface area contributed by atoms with Crippen LogP contribution in [0.25, 0.3) is 0 Å². The van der Waals surface area contributed by atoms with Crippen LogP contribution < -0.4 is 4.74 Å². The van der Waals surface area contributed by atoms with Gasteiger partial charge in [0.1, 0.15) is 17.4 Å². The standard InChI is InChI=1S/C22H28N2O5/c1-15(21(28)23-11-4-5-16(25)14-23)24-12-10-22(9-8-20(24)27)13-18(26)17-6-2-3-7-19(17)29-22/h2-3,6-7,15-16,25H,4-5,8-14H2,1H3/t15-,16-,22-/m1/s1. The quantitative estimate of drug-likeness (QED) is 0.818. The van der Waals surface area contributed by atoms with Crippen LogP contribution in [0.5, 0.6) is 5.75 Å². The summed E-state index contributed by atoms with van der Waals surface area (Å²) in [6, 6.07) is 6.64. The summed E-state index contributed by atoms with van der Waals surface area (Å²) in [7, 11) is 0. The number of hydrogen-bond donors (Lipinski definition) is 1. The van der Waals surface area contributed by atoms with Crippen LogP contribution in [0.4, 0.5) is 0 Å². The summed E-state index contributed by atoms with van der Waals surface area (Å²) < 4.78 is 6.25. The third kappa shape index (κ3) is 3.88. The lowest BCUT2D eigenvalue weighted by molar-refractivity contribution is -0.146. The van der Waals surface area contributed by atoms with Crippen molar-refractivity contribution in [1.82, 2.24) is 9.80 Å². The van der Waals surface area contributed by atoms with E-state index in [9.17, 15) is 19.5 Å². The van der Waals surface area contributed by atoms with Gasteiger partial charge in [-0.25, -0.2) is 0 Å². The lowest BCUT2D eigenvalue weighted by Crippen LogP contribution is -2.52. The second kappa shape index (κ2) is 7.78. The highest BCUT2D eigenvalue weighted by molar-refractivity contribution is 6.00. The van der Waals surface area contributed by atoms with Crippen LogP contribution in [0.2, 0.25) is 0 Å². The van der Waals surface area contributed by atoms with Crippen molar-refractivity contribution < 1.29 is 24.2 Å². The Bertz CT molecular complexity index is 825. The van der Waals surface area contributed by atoms with Gasteiger partial charge >= 0.3 is 0 Å². The molecule has 1 aromatic rings. The SMILES string of the molecule is C[C@H](C(=O)N1CCC[C@@H](O)C1)N1CC[C@]2(CCC1=O)CC(=O)c1ccccc1O2. The number of ether oxygens (including phenoxy) is 1. The molecule has 0 aromatic heterocycles. The number of benzene rings is 1. The van der Waals surface area contributed by atoms with Gasteiger partial charge in [-0.3, -0.25) is 14.4 Å². The van der Waals surface area contributed by atoms with Crippen LogP contribution in [0.15, 0.2) is 24.3 Å². The molecule has 0 unspecified atom stereocenters. The molecule has 2 fully saturated rings. The van der Waals surface area contributed by atoms with Crippen molar-refractivity contribution in [2.75, 3.05) is 19.6 Å². The normalized spacial score (nSPS) is 28.6. The van der Waals surface area contributed by atoms with Gasteiger partial charge in [0.05, 0.1) is 18.1 Å². The van der Waals surface area contributed by atoms with Gasteiger partial charge < -0.3 is 19.6 Å². The summed E-state index contributed by atoms with van der Waals surface area (Å²) in [5.41, 5.74) is -0.0994. The van der Waals surface area contributed by atoms with Crippen LogP contribution >= 0.6 is 0 Å². The smallest absolute Gasteiger partial charge is 0.245 e. The number of fused-ring (bicyclic) bond motifs is 1. The molecule has 2 amide bonds. The van der Waals surface area contributed by atoms with E-state index in [1.165, 1.54) is 0 Å². The second-order valence-corrected chi connectivity index (χ2v) is 8.47. The lowest BCUT2D eigenvalue weighted by Gasteiger charge is -2.38. The largest absolute Gasteiger partial charge is 0.486 e. The Kier molecular flexibility index (Phi) is 5.34. The fourth-order valence-corrected chi connectivity index (χ4v) is 4.74. The van der Waals surface area contributed by atoms with Gasteiger partial charge in [-0.1, -0.05) is 12.1 Å². The summed E-state index contributed by atoms with van der Waals surface area (Å²) >= 11 is 0. The monoisotopic (exact) mass is 400 g/mol. The lowest BCUT2D eigenvalue weighted by atomic mass is 9.84. The number of aliphatic hydroxyl groups is 1.